The number of fused-ring (bicyclic) bond motifs is 1. The number of benzene rings is 2. The lowest BCUT2D eigenvalue weighted by molar-refractivity contribution is -0.143. The smallest absolute Gasteiger partial charge is 0.319 e. The monoisotopic (exact) mass is 970 g/mol. The van der Waals surface area contributed by atoms with Crippen LogP contribution < -0.4 is 20.7 Å². The SMILES string of the molecule is COC(COCCOCCOCCOCCOCCOCCOCCOCCOCCOCCOc1cc(Cl)cc(NC(=O)NCc2ccc3c(c2)CN(C2CCC(=O)NC2=O)C3=O)c1)OC. The van der Waals surface area contributed by atoms with E-state index in [1.807, 2.05) is 6.07 Å². The van der Waals surface area contributed by atoms with E-state index in [1.54, 1.807) is 44.6 Å². The third kappa shape index (κ3) is 23.2. The van der Waals surface area contributed by atoms with Gasteiger partial charge in [0.05, 0.1) is 132 Å². The van der Waals surface area contributed by atoms with Gasteiger partial charge in [0.25, 0.3) is 5.91 Å². The molecule has 376 valence electrons. The van der Waals surface area contributed by atoms with E-state index in [4.69, 9.17) is 73.2 Å². The molecule has 0 aliphatic carbocycles. The second kappa shape index (κ2) is 34.3. The number of amides is 5. The van der Waals surface area contributed by atoms with Gasteiger partial charge in [0.1, 0.15) is 18.4 Å². The highest BCUT2D eigenvalue weighted by molar-refractivity contribution is 6.31. The number of rotatable bonds is 39. The Morgan fingerprint density at radius 1 is 0.672 bits per heavy atom. The lowest BCUT2D eigenvalue weighted by atomic mass is 10.0. The van der Waals surface area contributed by atoms with E-state index in [2.05, 4.69) is 16.0 Å². The molecule has 2 aromatic rings. The van der Waals surface area contributed by atoms with Crippen molar-refractivity contribution in [3.8, 4) is 5.75 Å². The molecule has 67 heavy (non-hydrogen) atoms. The highest BCUT2D eigenvalue weighted by Crippen LogP contribution is 2.28. The van der Waals surface area contributed by atoms with Crippen LogP contribution in [0, 0.1) is 0 Å². The van der Waals surface area contributed by atoms with Crippen LogP contribution in [0.3, 0.4) is 0 Å². The summed E-state index contributed by atoms with van der Waals surface area (Å²) < 4.78 is 70.8. The van der Waals surface area contributed by atoms with Crippen LogP contribution in [0.25, 0.3) is 0 Å². The van der Waals surface area contributed by atoms with E-state index in [0.717, 1.165) is 11.1 Å². The second-order valence-corrected chi connectivity index (χ2v) is 15.1. The van der Waals surface area contributed by atoms with Crippen LogP contribution in [-0.4, -0.2) is 194 Å². The lowest BCUT2D eigenvalue weighted by Crippen LogP contribution is -2.52. The van der Waals surface area contributed by atoms with Crippen molar-refractivity contribution < 1.29 is 80.8 Å². The summed E-state index contributed by atoms with van der Waals surface area (Å²) in [4.78, 5) is 51.0. The molecule has 0 saturated carbocycles. The van der Waals surface area contributed by atoms with Crippen LogP contribution in [0.4, 0.5) is 10.5 Å². The number of imide groups is 1. The maximum Gasteiger partial charge on any atom is 0.319 e. The number of methoxy groups -OCH3 is 2. The molecule has 0 aromatic heterocycles. The fraction of sp³-hybridized carbons (Fsp3) is 0.644. The Balaban J connectivity index is 0.876. The van der Waals surface area contributed by atoms with Gasteiger partial charge in [-0.05, 0) is 35.7 Å². The Labute approximate surface area is 396 Å². The van der Waals surface area contributed by atoms with Gasteiger partial charge in [-0.2, -0.15) is 0 Å². The zero-order valence-corrected chi connectivity index (χ0v) is 39.3. The molecule has 1 fully saturated rings. The van der Waals surface area contributed by atoms with E-state index in [0.29, 0.717) is 154 Å². The van der Waals surface area contributed by atoms with Gasteiger partial charge < -0.3 is 77.1 Å². The van der Waals surface area contributed by atoms with E-state index >= 15 is 0 Å². The molecule has 3 N–H and O–H groups in total. The van der Waals surface area contributed by atoms with Crippen LogP contribution in [-0.2, 0) is 79.5 Å². The molecule has 22 heteroatoms. The summed E-state index contributed by atoms with van der Waals surface area (Å²) in [6.45, 7) is 9.56. The number of hydrogen-bond donors (Lipinski definition) is 3. The van der Waals surface area contributed by atoms with Crippen molar-refractivity contribution in [3.63, 3.8) is 0 Å². The van der Waals surface area contributed by atoms with Crippen LogP contribution in [0.5, 0.6) is 5.75 Å². The van der Waals surface area contributed by atoms with Crippen LogP contribution in [0.1, 0.15) is 34.3 Å². The predicted octanol–water partition coefficient (Wildman–Crippen LogP) is 2.59. The number of urea groups is 1. The number of carbonyl (C=O) groups is 4. The maximum absolute atomic E-state index is 13.0. The quantitative estimate of drug-likeness (QED) is 0.0497. The molecule has 2 heterocycles. The van der Waals surface area contributed by atoms with Gasteiger partial charge in [0.15, 0.2) is 6.29 Å². The normalized spacial score (nSPS) is 14.8. The Morgan fingerprint density at radius 3 is 1.66 bits per heavy atom. The Morgan fingerprint density at radius 2 is 1.16 bits per heavy atom. The summed E-state index contributed by atoms with van der Waals surface area (Å²) in [5.74, 6) is -0.601. The summed E-state index contributed by atoms with van der Waals surface area (Å²) in [7, 11) is 3.12. The van der Waals surface area contributed by atoms with E-state index in [1.165, 1.54) is 4.90 Å². The van der Waals surface area contributed by atoms with Crippen LogP contribution >= 0.6 is 11.6 Å². The van der Waals surface area contributed by atoms with Crippen molar-refractivity contribution in [2.24, 2.45) is 0 Å². The lowest BCUT2D eigenvalue weighted by Gasteiger charge is -2.29. The summed E-state index contributed by atoms with van der Waals surface area (Å²) in [6.07, 6.45) is 0.103. The first kappa shape index (κ1) is 55.5. The number of carbonyl (C=O) groups excluding carboxylic acids is 4. The number of nitrogens with one attached hydrogen (secondary N) is 3. The van der Waals surface area contributed by atoms with E-state index in [-0.39, 0.29) is 50.6 Å². The minimum Gasteiger partial charge on any atom is -0.491 e. The number of nitrogens with zero attached hydrogens (tertiary/aromatic N) is 1. The molecular formula is C45H67ClN4O17. The Hall–Kier alpha value is -4.07. The first-order valence-corrected chi connectivity index (χ1v) is 22.7. The summed E-state index contributed by atoms with van der Waals surface area (Å²) in [5.41, 5.74) is 2.46. The zero-order chi connectivity index (χ0) is 47.7. The molecule has 2 aliphatic heterocycles. The molecule has 0 spiro atoms. The number of piperidine rings is 1. The third-order valence-corrected chi connectivity index (χ3v) is 10.0. The van der Waals surface area contributed by atoms with Crippen molar-refractivity contribution in [1.29, 1.82) is 0 Å². The summed E-state index contributed by atoms with van der Waals surface area (Å²) >= 11 is 6.28. The summed E-state index contributed by atoms with van der Waals surface area (Å²) in [6, 6.07) is 8.99. The fourth-order valence-corrected chi connectivity index (χ4v) is 6.65. The predicted molar refractivity (Wildman–Crippen MR) is 241 cm³/mol. The summed E-state index contributed by atoms with van der Waals surface area (Å²) in [5, 5.41) is 8.23. The molecule has 4 rings (SSSR count). The molecule has 0 bridgehead atoms. The first-order valence-electron chi connectivity index (χ1n) is 22.3. The molecule has 0 radical (unpaired) electrons. The van der Waals surface area contributed by atoms with Gasteiger partial charge in [0, 0.05) is 56.1 Å². The molecule has 1 saturated heterocycles. The molecule has 5 amide bonds. The minimum absolute atomic E-state index is 0.183. The van der Waals surface area contributed by atoms with Crippen molar-refractivity contribution >= 4 is 41.0 Å². The number of anilines is 1. The number of ether oxygens (including phenoxy) is 13. The highest BCUT2D eigenvalue weighted by Gasteiger charge is 2.39. The highest BCUT2D eigenvalue weighted by atomic mass is 35.5. The fourth-order valence-electron chi connectivity index (χ4n) is 6.42. The van der Waals surface area contributed by atoms with Gasteiger partial charge in [-0.3, -0.25) is 19.7 Å². The first-order chi connectivity index (χ1) is 32.8. The molecule has 2 aromatic carbocycles. The van der Waals surface area contributed by atoms with Crippen LogP contribution in [0.15, 0.2) is 36.4 Å². The van der Waals surface area contributed by atoms with Crippen LogP contribution in [0.2, 0.25) is 5.02 Å². The van der Waals surface area contributed by atoms with Gasteiger partial charge in [-0.15, -0.1) is 0 Å². The number of hydrogen-bond acceptors (Lipinski definition) is 17. The standard InChI is InChI=1S/C45H67ClN4O17/c1-55-42(56-2)33-66-24-23-64-20-19-62-16-15-60-12-11-58-8-7-57-9-10-59-13-14-61-17-18-63-21-22-65-25-26-67-38-29-36(46)28-37(30-38)48-45(54)47-31-34-3-4-39-35(27-34)32-50(44(39)53)40-5-6-41(51)49-43(40)52/h3-4,27-30,40,42H,5-26,31-33H2,1-2H3,(H2,47,48,54)(H,49,51,52). The van der Waals surface area contributed by atoms with E-state index in [9.17, 15) is 19.2 Å². The van der Waals surface area contributed by atoms with Gasteiger partial charge in [-0.1, -0.05) is 23.7 Å². The average Bonchev–Trinajstić information content (AvgIpc) is 3.64. The Bertz CT molecular complexity index is 1740. The molecular weight excluding hydrogens is 904 g/mol. The molecule has 21 nitrogen and oxygen atoms in total. The largest absolute Gasteiger partial charge is 0.491 e. The van der Waals surface area contributed by atoms with Crippen molar-refractivity contribution in [2.75, 3.05) is 158 Å². The van der Waals surface area contributed by atoms with E-state index < -0.39 is 18.0 Å². The van der Waals surface area contributed by atoms with Crippen molar-refractivity contribution in [1.82, 2.24) is 15.5 Å². The van der Waals surface area contributed by atoms with Crippen molar-refractivity contribution in [2.45, 2.75) is 38.3 Å². The Kier molecular flexibility index (Phi) is 28.4. The minimum atomic E-state index is -0.693. The molecule has 1 unspecified atom stereocenters. The zero-order valence-electron chi connectivity index (χ0n) is 38.6. The third-order valence-electron chi connectivity index (χ3n) is 9.79. The van der Waals surface area contributed by atoms with Crippen molar-refractivity contribution in [3.05, 3.63) is 58.1 Å². The van der Waals surface area contributed by atoms with Gasteiger partial charge in [0.2, 0.25) is 11.8 Å². The van der Waals surface area contributed by atoms with Gasteiger partial charge >= 0.3 is 6.03 Å². The average molecular weight is 971 g/mol. The number of halogens is 1. The second-order valence-electron chi connectivity index (χ2n) is 14.7. The molecule has 2 aliphatic rings. The topological polar surface area (TPSA) is 228 Å². The van der Waals surface area contributed by atoms with Gasteiger partial charge in [-0.25, -0.2) is 4.79 Å². The maximum atomic E-state index is 13.0. The molecule has 1 atom stereocenters.